The van der Waals surface area contributed by atoms with Crippen molar-refractivity contribution >= 4 is 5.91 Å². The molecule has 0 saturated carbocycles. The Bertz CT molecular complexity index is 789. The summed E-state index contributed by atoms with van der Waals surface area (Å²) in [5.74, 6) is 1.04. The van der Waals surface area contributed by atoms with Crippen molar-refractivity contribution in [3.05, 3.63) is 41.4 Å². The quantitative estimate of drug-likeness (QED) is 0.873. The van der Waals surface area contributed by atoms with Crippen LogP contribution < -0.4 is 0 Å². The van der Waals surface area contributed by atoms with Gasteiger partial charge in [-0.2, -0.15) is 0 Å². The van der Waals surface area contributed by atoms with Crippen LogP contribution in [0.3, 0.4) is 0 Å². The monoisotopic (exact) mass is 372 g/mol. The molecule has 1 spiro atoms. The predicted octanol–water partition coefficient (Wildman–Crippen LogP) is 2.55. The highest BCUT2D eigenvalue weighted by Crippen LogP contribution is 2.42. The second-order valence-corrected chi connectivity index (χ2v) is 7.49. The zero-order valence-electron chi connectivity index (χ0n) is 16.2. The average Bonchev–Trinajstić information content (AvgIpc) is 3.35. The molecule has 4 rings (SSSR count). The Labute approximate surface area is 159 Å². The van der Waals surface area contributed by atoms with Gasteiger partial charge in [0, 0.05) is 38.9 Å². The number of hydrogen-bond donors (Lipinski definition) is 1. The Morgan fingerprint density at radius 3 is 2.89 bits per heavy atom. The van der Waals surface area contributed by atoms with Crippen LogP contribution in [0, 0.1) is 0 Å². The van der Waals surface area contributed by atoms with Gasteiger partial charge in [0.05, 0.1) is 17.6 Å². The van der Waals surface area contributed by atoms with Gasteiger partial charge in [0.25, 0.3) is 5.91 Å². The molecule has 0 radical (unpaired) electrons. The van der Waals surface area contributed by atoms with Crippen LogP contribution >= 0.6 is 0 Å². The molecule has 2 aliphatic heterocycles. The molecule has 0 bridgehead atoms. The number of nitrogens with one attached hydrogen (secondary N) is 1. The predicted molar refractivity (Wildman–Crippen MR) is 100 cm³/mol. The summed E-state index contributed by atoms with van der Waals surface area (Å²) in [6.45, 7) is 6.15. The number of aromatic nitrogens is 2. The molecule has 2 aliphatic rings. The van der Waals surface area contributed by atoms with Crippen molar-refractivity contribution in [1.29, 1.82) is 0 Å². The van der Waals surface area contributed by atoms with Crippen LogP contribution in [-0.4, -0.2) is 59.0 Å². The van der Waals surface area contributed by atoms with Gasteiger partial charge in [-0.15, -0.1) is 0 Å². The number of H-pyrrole nitrogens is 1. The Hall–Kier alpha value is -2.12. The Morgan fingerprint density at radius 2 is 2.15 bits per heavy atom. The lowest BCUT2D eigenvalue weighted by Gasteiger charge is -2.50. The molecule has 0 unspecified atom stereocenters. The number of methoxy groups -OCH3 is 1. The van der Waals surface area contributed by atoms with Crippen LogP contribution in [0.15, 0.2) is 22.9 Å². The fourth-order valence-corrected chi connectivity index (χ4v) is 4.62. The van der Waals surface area contributed by atoms with E-state index < -0.39 is 0 Å². The number of rotatable bonds is 5. The molecule has 1 amide bonds. The highest BCUT2D eigenvalue weighted by molar-refractivity contribution is 5.91. The average molecular weight is 372 g/mol. The summed E-state index contributed by atoms with van der Waals surface area (Å²) in [5, 5.41) is 0. The molecule has 27 heavy (non-hydrogen) atoms. The largest absolute Gasteiger partial charge is 0.453 e. The van der Waals surface area contributed by atoms with Crippen molar-refractivity contribution in [3.63, 3.8) is 0 Å². The lowest BCUT2D eigenvalue weighted by molar-refractivity contribution is 0.00600. The van der Waals surface area contributed by atoms with Crippen LogP contribution in [0.4, 0.5) is 0 Å². The summed E-state index contributed by atoms with van der Waals surface area (Å²) in [6, 6.07) is 3.55. The van der Waals surface area contributed by atoms with E-state index in [0.29, 0.717) is 31.2 Å². The molecular formula is C20H28N4O3. The van der Waals surface area contributed by atoms with E-state index in [1.165, 1.54) is 11.4 Å². The van der Waals surface area contributed by atoms with E-state index >= 15 is 0 Å². The number of ether oxygens (including phenoxy) is 1. The van der Waals surface area contributed by atoms with Crippen molar-refractivity contribution in [1.82, 2.24) is 19.8 Å². The van der Waals surface area contributed by atoms with E-state index in [1.807, 2.05) is 17.3 Å². The number of hydrogen-bond acceptors (Lipinski definition) is 5. The smallest absolute Gasteiger partial charge is 0.289 e. The minimum atomic E-state index is -0.0508. The molecular weight excluding hydrogens is 344 g/mol. The highest BCUT2D eigenvalue weighted by atomic mass is 16.5. The van der Waals surface area contributed by atoms with Gasteiger partial charge in [0.15, 0.2) is 5.76 Å². The molecule has 1 fully saturated rings. The Morgan fingerprint density at radius 1 is 1.33 bits per heavy atom. The van der Waals surface area contributed by atoms with E-state index in [4.69, 9.17) is 9.15 Å². The number of nitrogens with zero attached hydrogens (tertiary/aromatic N) is 3. The number of carbonyl (C=O) groups excluding carboxylic acids is 1. The second-order valence-electron chi connectivity index (χ2n) is 7.49. The van der Waals surface area contributed by atoms with Crippen molar-refractivity contribution in [2.24, 2.45) is 0 Å². The molecule has 1 saturated heterocycles. The van der Waals surface area contributed by atoms with E-state index in [9.17, 15) is 4.79 Å². The van der Waals surface area contributed by atoms with Gasteiger partial charge in [-0.3, -0.25) is 9.69 Å². The molecule has 146 valence electrons. The first-order valence-electron chi connectivity index (χ1n) is 9.82. The maximum atomic E-state index is 12.8. The van der Waals surface area contributed by atoms with Gasteiger partial charge in [0.2, 0.25) is 0 Å². The normalized spacial score (nSPS) is 19.4. The van der Waals surface area contributed by atoms with E-state index in [-0.39, 0.29) is 11.4 Å². The van der Waals surface area contributed by atoms with Crippen LogP contribution in [0.25, 0.3) is 0 Å². The van der Waals surface area contributed by atoms with Gasteiger partial charge in [0.1, 0.15) is 12.4 Å². The number of amides is 1. The maximum Gasteiger partial charge on any atom is 0.289 e. The summed E-state index contributed by atoms with van der Waals surface area (Å²) in [5.41, 5.74) is 2.40. The number of aromatic amines is 1. The molecule has 7 nitrogen and oxygen atoms in total. The summed E-state index contributed by atoms with van der Waals surface area (Å²) in [4.78, 5) is 25.3. The number of carbonyl (C=O) groups is 1. The summed E-state index contributed by atoms with van der Waals surface area (Å²) in [7, 11) is 1.61. The molecule has 4 heterocycles. The van der Waals surface area contributed by atoms with Crippen molar-refractivity contribution in [3.8, 4) is 0 Å². The van der Waals surface area contributed by atoms with Gasteiger partial charge in [-0.25, -0.2) is 4.98 Å². The minimum absolute atomic E-state index is 0.0349. The molecule has 0 aromatic carbocycles. The third-order valence-corrected chi connectivity index (χ3v) is 5.93. The number of piperidine rings is 1. The standard InChI is InChI=1S/C20H28N4O3/c1-3-9-24-10-6-16-18(22-14-21-16)20(24)7-11-23(12-8-20)19(25)17-5-4-15(27-17)13-26-2/h4-5,14H,3,6-13H2,1-2H3,(H,21,22). The van der Waals surface area contributed by atoms with Crippen molar-refractivity contribution in [2.75, 3.05) is 33.3 Å². The lowest BCUT2D eigenvalue weighted by Crippen LogP contribution is -2.57. The molecule has 1 N–H and O–H groups in total. The summed E-state index contributed by atoms with van der Waals surface area (Å²) < 4.78 is 10.7. The lowest BCUT2D eigenvalue weighted by atomic mass is 9.78. The van der Waals surface area contributed by atoms with Crippen LogP contribution in [0.5, 0.6) is 0 Å². The maximum absolute atomic E-state index is 12.8. The first-order valence-corrected chi connectivity index (χ1v) is 9.82. The number of fused-ring (bicyclic) bond motifs is 2. The fraction of sp³-hybridized carbons (Fsp3) is 0.600. The number of likely N-dealkylation sites (tertiary alicyclic amines) is 1. The Kier molecular flexibility index (Phi) is 5.06. The van der Waals surface area contributed by atoms with Gasteiger partial charge >= 0.3 is 0 Å². The van der Waals surface area contributed by atoms with Gasteiger partial charge < -0.3 is 19.0 Å². The SMILES string of the molecule is CCCN1CCc2[nH]cnc2C12CCN(C(=O)c1ccc(COC)o1)CC2. The highest BCUT2D eigenvalue weighted by Gasteiger charge is 2.47. The first kappa shape index (κ1) is 18.3. The molecule has 7 heteroatoms. The molecule has 2 aromatic rings. The van der Waals surface area contributed by atoms with Crippen LogP contribution in [0.2, 0.25) is 0 Å². The molecule has 0 atom stereocenters. The Balaban J connectivity index is 1.50. The van der Waals surface area contributed by atoms with Crippen LogP contribution in [-0.2, 0) is 23.3 Å². The summed E-state index contributed by atoms with van der Waals surface area (Å²) in [6.07, 6.45) is 5.78. The number of imidazole rings is 1. The third-order valence-electron chi connectivity index (χ3n) is 5.93. The van der Waals surface area contributed by atoms with Crippen molar-refractivity contribution in [2.45, 2.75) is 44.8 Å². The van der Waals surface area contributed by atoms with Gasteiger partial charge in [-0.05, 0) is 37.9 Å². The number of furan rings is 1. The molecule has 2 aromatic heterocycles. The minimum Gasteiger partial charge on any atom is -0.453 e. The van der Waals surface area contributed by atoms with Gasteiger partial charge in [-0.1, -0.05) is 6.92 Å². The first-order chi connectivity index (χ1) is 13.2. The summed E-state index contributed by atoms with van der Waals surface area (Å²) >= 11 is 0. The zero-order valence-corrected chi connectivity index (χ0v) is 16.2. The molecule has 0 aliphatic carbocycles. The fourth-order valence-electron chi connectivity index (χ4n) is 4.62. The second kappa shape index (κ2) is 7.48. The van der Waals surface area contributed by atoms with E-state index in [1.54, 1.807) is 13.2 Å². The topological polar surface area (TPSA) is 74.6 Å². The zero-order chi connectivity index (χ0) is 18.9. The third kappa shape index (κ3) is 3.19. The van der Waals surface area contributed by atoms with E-state index in [0.717, 1.165) is 38.8 Å². The van der Waals surface area contributed by atoms with Crippen LogP contribution in [0.1, 0.15) is 53.9 Å². The van der Waals surface area contributed by atoms with E-state index in [2.05, 4.69) is 21.8 Å². The van der Waals surface area contributed by atoms with Crippen molar-refractivity contribution < 1.29 is 13.9 Å².